The summed E-state index contributed by atoms with van der Waals surface area (Å²) in [5.74, 6) is -1.53. The minimum absolute atomic E-state index is 0.0769. The molecule has 0 heterocycles. The van der Waals surface area contributed by atoms with Crippen molar-refractivity contribution in [3.63, 3.8) is 0 Å². The molecule has 0 radical (unpaired) electrons. The van der Waals surface area contributed by atoms with Crippen LogP contribution in [0.4, 0.5) is 0 Å². The number of hydrogen-bond acceptors (Lipinski definition) is 3. The number of carbonyl (C=O) groups excluding carboxylic acids is 1. The molecule has 102 valence electrons. The highest BCUT2D eigenvalue weighted by molar-refractivity contribution is 5.92. The number of carboxylic acids is 1. The molecular weight excluding hydrogens is 244 g/mol. The third kappa shape index (κ3) is 5.86. The molecule has 0 unspecified atom stereocenters. The number of aliphatic carboxylic acids is 1. The van der Waals surface area contributed by atoms with Gasteiger partial charge in [0.15, 0.2) is 0 Å². The van der Waals surface area contributed by atoms with Crippen molar-refractivity contribution in [3.05, 3.63) is 47.5 Å². The van der Waals surface area contributed by atoms with Crippen LogP contribution >= 0.6 is 0 Å². The Morgan fingerprint density at radius 2 is 1.89 bits per heavy atom. The van der Waals surface area contributed by atoms with Crippen molar-refractivity contribution < 1.29 is 19.4 Å². The first kappa shape index (κ1) is 15.0. The largest absolute Gasteiger partial charge is 0.478 e. The first-order valence-electron chi connectivity index (χ1n) is 6.12. The Balaban J connectivity index is 2.52. The van der Waals surface area contributed by atoms with Crippen molar-refractivity contribution >= 4 is 11.9 Å². The van der Waals surface area contributed by atoms with E-state index in [0.29, 0.717) is 0 Å². The van der Waals surface area contributed by atoms with Crippen LogP contribution in [-0.4, -0.2) is 17.0 Å². The summed E-state index contributed by atoms with van der Waals surface area (Å²) in [7, 11) is 0. The number of rotatable bonds is 6. The van der Waals surface area contributed by atoms with E-state index >= 15 is 0 Å². The average molecular weight is 262 g/mol. The van der Waals surface area contributed by atoms with Crippen LogP contribution in [0.2, 0.25) is 0 Å². The molecule has 0 amide bonds. The minimum atomic E-state index is -1.08. The van der Waals surface area contributed by atoms with Gasteiger partial charge in [0, 0.05) is 5.57 Å². The van der Waals surface area contributed by atoms with E-state index in [2.05, 4.69) is 0 Å². The molecule has 0 aliphatic rings. The lowest BCUT2D eigenvalue weighted by atomic mass is 10.1. The number of carbonyl (C=O) groups is 2. The number of benzene rings is 1. The van der Waals surface area contributed by atoms with Crippen LogP contribution in [0, 0.1) is 5.92 Å². The van der Waals surface area contributed by atoms with Gasteiger partial charge in [0.2, 0.25) is 0 Å². The quantitative estimate of drug-likeness (QED) is 0.632. The van der Waals surface area contributed by atoms with Gasteiger partial charge in [-0.2, -0.15) is 0 Å². The maximum absolute atomic E-state index is 11.6. The molecule has 1 aromatic carbocycles. The molecule has 0 aliphatic heterocycles. The summed E-state index contributed by atoms with van der Waals surface area (Å²) in [6, 6.07) is 9.26. The zero-order valence-corrected chi connectivity index (χ0v) is 11.1. The summed E-state index contributed by atoms with van der Waals surface area (Å²) < 4.78 is 5.05. The third-order valence-corrected chi connectivity index (χ3v) is 2.39. The summed E-state index contributed by atoms with van der Waals surface area (Å²) in [6.45, 7) is 3.88. The van der Waals surface area contributed by atoms with Gasteiger partial charge in [0.1, 0.15) is 6.61 Å². The molecule has 0 bridgehead atoms. The van der Waals surface area contributed by atoms with Crippen LogP contribution in [0.5, 0.6) is 0 Å². The summed E-state index contributed by atoms with van der Waals surface area (Å²) >= 11 is 0. The molecule has 1 rings (SSSR count). The van der Waals surface area contributed by atoms with E-state index in [1.165, 1.54) is 0 Å². The van der Waals surface area contributed by atoms with E-state index in [0.717, 1.165) is 5.56 Å². The fraction of sp³-hybridized carbons (Fsp3) is 0.333. The van der Waals surface area contributed by atoms with Gasteiger partial charge in [-0.25, -0.2) is 4.79 Å². The van der Waals surface area contributed by atoms with E-state index in [1.54, 1.807) is 6.08 Å². The predicted molar refractivity (Wildman–Crippen MR) is 71.4 cm³/mol. The van der Waals surface area contributed by atoms with Gasteiger partial charge in [-0.05, 0) is 11.5 Å². The van der Waals surface area contributed by atoms with Gasteiger partial charge >= 0.3 is 11.9 Å². The Labute approximate surface area is 112 Å². The maximum atomic E-state index is 11.6. The van der Waals surface area contributed by atoms with Crippen molar-refractivity contribution in [2.75, 3.05) is 0 Å². The molecule has 4 heteroatoms. The third-order valence-electron chi connectivity index (χ3n) is 2.39. The molecule has 0 fully saturated rings. The van der Waals surface area contributed by atoms with Gasteiger partial charge in [-0.3, -0.25) is 4.79 Å². The summed E-state index contributed by atoms with van der Waals surface area (Å²) in [6.07, 6.45) is 1.35. The highest BCUT2D eigenvalue weighted by Crippen LogP contribution is 2.10. The number of esters is 1. The second-order valence-corrected chi connectivity index (χ2v) is 4.56. The van der Waals surface area contributed by atoms with Gasteiger partial charge in [-0.1, -0.05) is 50.3 Å². The van der Waals surface area contributed by atoms with Crippen molar-refractivity contribution in [1.29, 1.82) is 0 Å². The molecule has 0 atom stereocenters. The highest BCUT2D eigenvalue weighted by Gasteiger charge is 2.14. The lowest BCUT2D eigenvalue weighted by Gasteiger charge is -2.06. The molecule has 0 spiro atoms. The maximum Gasteiger partial charge on any atom is 0.331 e. The summed E-state index contributed by atoms with van der Waals surface area (Å²) in [4.78, 5) is 22.6. The topological polar surface area (TPSA) is 63.6 Å². The van der Waals surface area contributed by atoms with Crippen LogP contribution in [-0.2, 0) is 20.9 Å². The van der Waals surface area contributed by atoms with Crippen LogP contribution in [0.1, 0.15) is 25.8 Å². The normalized spacial score (nSPS) is 11.4. The Morgan fingerprint density at radius 3 is 2.42 bits per heavy atom. The molecule has 0 aliphatic carbocycles. The molecule has 0 aromatic heterocycles. The summed E-state index contributed by atoms with van der Waals surface area (Å²) in [5, 5.41) is 8.98. The van der Waals surface area contributed by atoms with E-state index in [1.807, 2.05) is 44.2 Å². The molecular formula is C15H18O4. The van der Waals surface area contributed by atoms with Gasteiger partial charge in [0.25, 0.3) is 0 Å². The fourth-order valence-corrected chi connectivity index (χ4v) is 1.55. The lowest BCUT2D eigenvalue weighted by molar-refractivity contribution is -0.146. The lowest BCUT2D eigenvalue weighted by Crippen LogP contribution is -2.11. The molecule has 0 saturated heterocycles. The second-order valence-electron chi connectivity index (χ2n) is 4.56. The van der Waals surface area contributed by atoms with Gasteiger partial charge in [-0.15, -0.1) is 0 Å². The van der Waals surface area contributed by atoms with Gasteiger partial charge < -0.3 is 9.84 Å². The monoisotopic (exact) mass is 262 g/mol. The second kappa shape index (κ2) is 7.36. The first-order chi connectivity index (χ1) is 8.99. The number of hydrogen-bond donors (Lipinski definition) is 1. The molecule has 1 aromatic rings. The molecule has 0 saturated carbocycles. The number of carboxylic acid groups (broad SMARTS) is 1. The Bertz CT molecular complexity index is 460. The number of allylic oxidation sites excluding steroid dienone is 1. The zero-order valence-electron chi connectivity index (χ0n) is 11.1. The van der Waals surface area contributed by atoms with Crippen molar-refractivity contribution in [3.8, 4) is 0 Å². The summed E-state index contributed by atoms with van der Waals surface area (Å²) in [5.41, 5.74) is 0.952. The Kier molecular flexibility index (Phi) is 5.79. The SMILES string of the molecule is CC(C)/C=C(/CC(=O)OCc1ccccc1)C(=O)O. The average Bonchev–Trinajstić information content (AvgIpc) is 2.36. The standard InChI is InChI=1S/C15H18O4/c1-11(2)8-13(15(17)18)9-14(16)19-10-12-6-4-3-5-7-12/h3-8,11H,9-10H2,1-2H3,(H,17,18)/b13-8-. The van der Waals surface area contributed by atoms with Crippen LogP contribution in [0.15, 0.2) is 42.0 Å². The zero-order chi connectivity index (χ0) is 14.3. The van der Waals surface area contributed by atoms with E-state index < -0.39 is 11.9 Å². The van der Waals surface area contributed by atoms with Crippen LogP contribution in [0.25, 0.3) is 0 Å². The van der Waals surface area contributed by atoms with E-state index in [9.17, 15) is 9.59 Å². The molecule has 4 nitrogen and oxygen atoms in total. The highest BCUT2D eigenvalue weighted by atomic mass is 16.5. The van der Waals surface area contributed by atoms with Crippen LogP contribution in [0.3, 0.4) is 0 Å². The first-order valence-corrected chi connectivity index (χ1v) is 6.12. The fourth-order valence-electron chi connectivity index (χ4n) is 1.55. The van der Waals surface area contributed by atoms with Crippen molar-refractivity contribution in [2.45, 2.75) is 26.9 Å². The van der Waals surface area contributed by atoms with E-state index in [4.69, 9.17) is 9.84 Å². The Morgan fingerprint density at radius 1 is 1.26 bits per heavy atom. The van der Waals surface area contributed by atoms with Gasteiger partial charge in [0.05, 0.1) is 6.42 Å². The molecule has 1 N–H and O–H groups in total. The Hall–Kier alpha value is -2.10. The van der Waals surface area contributed by atoms with E-state index in [-0.39, 0.29) is 24.5 Å². The van der Waals surface area contributed by atoms with Crippen molar-refractivity contribution in [2.24, 2.45) is 5.92 Å². The smallest absolute Gasteiger partial charge is 0.331 e. The van der Waals surface area contributed by atoms with Crippen LogP contribution < -0.4 is 0 Å². The minimum Gasteiger partial charge on any atom is -0.478 e. The van der Waals surface area contributed by atoms with Crippen molar-refractivity contribution in [1.82, 2.24) is 0 Å². The number of ether oxygens (including phenoxy) is 1. The predicted octanol–water partition coefficient (Wildman–Crippen LogP) is 2.79. The molecule has 19 heavy (non-hydrogen) atoms.